The molecule has 1 amide bonds. The Morgan fingerprint density at radius 1 is 1.27 bits per heavy atom. The molecule has 7 heteroatoms. The van der Waals surface area contributed by atoms with Crippen LogP contribution in [-0.4, -0.2) is 24.6 Å². The third-order valence-corrected chi connectivity index (χ3v) is 3.68. The molecular formula is C19H17ClN2O4. The van der Waals surface area contributed by atoms with E-state index >= 15 is 0 Å². The number of esters is 1. The van der Waals surface area contributed by atoms with Crippen molar-refractivity contribution in [2.45, 2.75) is 20.0 Å². The maximum Gasteiger partial charge on any atom is 0.344 e. The molecule has 0 aromatic heterocycles. The summed E-state index contributed by atoms with van der Waals surface area (Å²) in [6.45, 7) is 2.95. The van der Waals surface area contributed by atoms with Gasteiger partial charge in [-0.1, -0.05) is 23.7 Å². The SMILES string of the molecule is Cc1ccc(Cl)c(OCC(=O)O[C@H](C)C(=O)Nc2cccc(C#N)c2)c1. The summed E-state index contributed by atoms with van der Waals surface area (Å²) in [6, 6.07) is 13.6. The van der Waals surface area contributed by atoms with E-state index in [1.54, 1.807) is 30.3 Å². The Morgan fingerprint density at radius 3 is 2.77 bits per heavy atom. The Balaban J connectivity index is 1.86. The van der Waals surface area contributed by atoms with E-state index in [4.69, 9.17) is 26.3 Å². The average Bonchev–Trinajstić information content (AvgIpc) is 2.62. The van der Waals surface area contributed by atoms with E-state index < -0.39 is 18.0 Å². The van der Waals surface area contributed by atoms with Crippen LogP contribution in [0.25, 0.3) is 0 Å². The normalized spacial score (nSPS) is 11.2. The molecule has 1 N–H and O–H groups in total. The summed E-state index contributed by atoms with van der Waals surface area (Å²) in [5, 5.41) is 11.8. The number of nitrogens with one attached hydrogen (secondary N) is 1. The van der Waals surface area contributed by atoms with Gasteiger partial charge in [0.15, 0.2) is 12.7 Å². The van der Waals surface area contributed by atoms with Crippen molar-refractivity contribution < 1.29 is 19.1 Å². The smallest absolute Gasteiger partial charge is 0.344 e. The number of carbonyl (C=O) groups excluding carboxylic acids is 2. The van der Waals surface area contributed by atoms with Crippen molar-refractivity contribution in [3.05, 3.63) is 58.6 Å². The topological polar surface area (TPSA) is 88.4 Å². The highest BCUT2D eigenvalue weighted by Gasteiger charge is 2.18. The lowest BCUT2D eigenvalue weighted by Crippen LogP contribution is -2.31. The fraction of sp³-hybridized carbons (Fsp3) is 0.211. The molecule has 0 bridgehead atoms. The van der Waals surface area contributed by atoms with Crippen molar-refractivity contribution >= 4 is 29.2 Å². The largest absolute Gasteiger partial charge is 0.480 e. The number of carbonyl (C=O) groups is 2. The zero-order valence-corrected chi connectivity index (χ0v) is 15.0. The highest BCUT2D eigenvalue weighted by Crippen LogP contribution is 2.25. The van der Waals surface area contributed by atoms with Crippen LogP contribution in [0, 0.1) is 18.3 Å². The van der Waals surface area contributed by atoms with E-state index in [9.17, 15) is 9.59 Å². The summed E-state index contributed by atoms with van der Waals surface area (Å²) in [6.07, 6.45) is -1.02. The van der Waals surface area contributed by atoms with Gasteiger partial charge in [-0.25, -0.2) is 4.79 Å². The number of hydrogen-bond donors (Lipinski definition) is 1. The maximum absolute atomic E-state index is 12.1. The first-order chi connectivity index (χ1) is 12.4. The standard InChI is InChI=1S/C19H17ClN2O4/c1-12-6-7-16(20)17(8-12)25-11-18(23)26-13(2)19(24)22-15-5-3-4-14(9-15)10-21/h3-9,13H,11H2,1-2H3,(H,22,24)/t13-/m1/s1. The number of benzene rings is 2. The first kappa shape index (κ1) is 19.3. The maximum atomic E-state index is 12.1. The van der Waals surface area contributed by atoms with Crippen LogP contribution in [0.4, 0.5) is 5.69 Å². The van der Waals surface area contributed by atoms with Gasteiger partial charge >= 0.3 is 5.97 Å². The van der Waals surface area contributed by atoms with Crippen LogP contribution < -0.4 is 10.1 Å². The van der Waals surface area contributed by atoms with Gasteiger partial charge in [0, 0.05) is 5.69 Å². The Morgan fingerprint density at radius 2 is 2.04 bits per heavy atom. The summed E-state index contributed by atoms with van der Waals surface area (Å²) in [5.41, 5.74) is 1.79. The second-order valence-electron chi connectivity index (χ2n) is 5.54. The zero-order valence-electron chi connectivity index (χ0n) is 14.3. The van der Waals surface area contributed by atoms with Crippen LogP contribution in [0.3, 0.4) is 0 Å². The summed E-state index contributed by atoms with van der Waals surface area (Å²) in [7, 11) is 0. The molecule has 2 aromatic carbocycles. The molecule has 0 aliphatic carbocycles. The van der Waals surface area contributed by atoms with Gasteiger partial charge in [-0.3, -0.25) is 4.79 Å². The summed E-state index contributed by atoms with van der Waals surface area (Å²) < 4.78 is 10.4. The van der Waals surface area contributed by atoms with E-state index in [0.717, 1.165) is 5.56 Å². The summed E-state index contributed by atoms with van der Waals surface area (Å²) in [4.78, 5) is 24.0. The molecule has 0 radical (unpaired) electrons. The molecule has 0 spiro atoms. The van der Waals surface area contributed by atoms with E-state index in [2.05, 4.69) is 5.32 Å². The third-order valence-electron chi connectivity index (χ3n) is 3.37. The highest BCUT2D eigenvalue weighted by molar-refractivity contribution is 6.32. The van der Waals surface area contributed by atoms with Crippen molar-refractivity contribution in [1.29, 1.82) is 5.26 Å². The molecule has 2 rings (SSSR count). The molecule has 134 valence electrons. The second-order valence-corrected chi connectivity index (χ2v) is 5.94. The molecule has 0 heterocycles. The van der Waals surface area contributed by atoms with Gasteiger partial charge in [0.1, 0.15) is 5.75 Å². The number of aryl methyl sites for hydroxylation is 1. The number of nitriles is 1. The number of hydrogen-bond acceptors (Lipinski definition) is 5. The van der Waals surface area contributed by atoms with E-state index in [-0.39, 0.29) is 6.61 Å². The highest BCUT2D eigenvalue weighted by atomic mass is 35.5. The van der Waals surface area contributed by atoms with Crippen molar-refractivity contribution in [2.75, 3.05) is 11.9 Å². The molecule has 6 nitrogen and oxygen atoms in total. The minimum Gasteiger partial charge on any atom is -0.480 e. The van der Waals surface area contributed by atoms with Crippen LogP contribution in [0.2, 0.25) is 5.02 Å². The third kappa shape index (κ3) is 5.50. The van der Waals surface area contributed by atoms with E-state index in [0.29, 0.717) is 22.0 Å². The average molecular weight is 373 g/mol. The Bertz CT molecular complexity index is 861. The molecule has 0 aliphatic rings. The van der Waals surface area contributed by atoms with Crippen molar-refractivity contribution in [1.82, 2.24) is 0 Å². The predicted molar refractivity (Wildman–Crippen MR) is 97.0 cm³/mol. The molecule has 0 unspecified atom stereocenters. The lowest BCUT2D eigenvalue weighted by Gasteiger charge is -2.14. The van der Waals surface area contributed by atoms with Gasteiger partial charge in [0.2, 0.25) is 0 Å². The zero-order chi connectivity index (χ0) is 19.1. The molecule has 1 atom stereocenters. The quantitative estimate of drug-likeness (QED) is 0.784. The summed E-state index contributed by atoms with van der Waals surface area (Å²) >= 11 is 5.99. The van der Waals surface area contributed by atoms with Crippen LogP contribution in [-0.2, 0) is 14.3 Å². The fourth-order valence-electron chi connectivity index (χ4n) is 2.05. The first-order valence-electron chi connectivity index (χ1n) is 7.78. The van der Waals surface area contributed by atoms with Crippen molar-refractivity contribution in [3.63, 3.8) is 0 Å². The molecular weight excluding hydrogens is 356 g/mol. The molecule has 0 fully saturated rings. The number of anilines is 1. The molecule has 26 heavy (non-hydrogen) atoms. The number of ether oxygens (including phenoxy) is 2. The van der Waals surface area contributed by atoms with E-state index in [1.165, 1.54) is 13.0 Å². The Kier molecular flexibility index (Phi) is 6.59. The molecule has 0 saturated heterocycles. The van der Waals surface area contributed by atoms with Gasteiger partial charge in [-0.05, 0) is 49.7 Å². The van der Waals surface area contributed by atoms with Crippen LogP contribution in [0.1, 0.15) is 18.1 Å². The Hall–Kier alpha value is -3.04. The van der Waals surface area contributed by atoms with Gasteiger partial charge < -0.3 is 14.8 Å². The summed E-state index contributed by atoms with van der Waals surface area (Å²) in [5.74, 6) is -0.841. The minimum absolute atomic E-state index is 0.369. The van der Waals surface area contributed by atoms with Crippen molar-refractivity contribution in [3.8, 4) is 11.8 Å². The molecule has 2 aromatic rings. The number of amides is 1. The van der Waals surface area contributed by atoms with Crippen LogP contribution in [0.15, 0.2) is 42.5 Å². The number of halogens is 1. The lowest BCUT2D eigenvalue weighted by molar-refractivity contribution is -0.155. The number of rotatable bonds is 6. The van der Waals surface area contributed by atoms with Crippen LogP contribution >= 0.6 is 11.6 Å². The minimum atomic E-state index is -1.02. The van der Waals surface area contributed by atoms with Gasteiger partial charge in [-0.2, -0.15) is 5.26 Å². The van der Waals surface area contributed by atoms with Gasteiger partial charge in [0.25, 0.3) is 5.91 Å². The van der Waals surface area contributed by atoms with Gasteiger partial charge in [0.05, 0.1) is 16.7 Å². The van der Waals surface area contributed by atoms with Crippen LogP contribution in [0.5, 0.6) is 5.75 Å². The second kappa shape index (κ2) is 8.88. The Labute approximate surface area is 156 Å². The fourth-order valence-corrected chi connectivity index (χ4v) is 2.23. The monoisotopic (exact) mass is 372 g/mol. The predicted octanol–water partition coefficient (Wildman–Crippen LogP) is 3.47. The van der Waals surface area contributed by atoms with Crippen molar-refractivity contribution in [2.24, 2.45) is 0 Å². The molecule has 0 saturated carbocycles. The molecule has 0 aliphatic heterocycles. The number of nitrogens with zero attached hydrogens (tertiary/aromatic N) is 1. The lowest BCUT2D eigenvalue weighted by atomic mass is 10.2. The first-order valence-corrected chi connectivity index (χ1v) is 8.16. The van der Waals surface area contributed by atoms with E-state index in [1.807, 2.05) is 19.1 Å². The van der Waals surface area contributed by atoms with Gasteiger partial charge in [-0.15, -0.1) is 0 Å².